The number of carbonyl (C=O) groups excluding carboxylic acids is 2. The van der Waals surface area contributed by atoms with E-state index in [-0.39, 0.29) is 17.9 Å². The molecule has 2 aromatic rings. The van der Waals surface area contributed by atoms with Gasteiger partial charge in [-0.2, -0.15) is 0 Å². The summed E-state index contributed by atoms with van der Waals surface area (Å²) in [7, 11) is 1.61. The van der Waals surface area contributed by atoms with Crippen LogP contribution in [0.15, 0.2) is 54.6 Å². The molecule has 0 bridgehead atoms. The number of benzene rings is 2. The van der Waals surface area contributed by atoms with Gasteiger partial charge in [-0.25, -0.2) is 0 Å². The lowest BCUT2D eigenvalue weighted by Crippen LogP contribution is -2.31. The number of methoxy groups -OCH3 is 1. The summed E-state index contributed by atoms with van der Waals surface area (Å²) in [6.45, 7) is 1.29. The van der Waals surface area contributed by atoms with Gasteiger partial charge in [0, 0.05) is 30.5 Å². The summed E-state index contributed by atoms with van der Waals surface area (Å²) in [5, 5.41) is 5.65. The molecule has 0 radical (unpaired) electrons. The third kappa shape index (κ3) is 5.69. The average Bonchev–Trinajstić information content (AvgIpc) is 3.25. The zero-order valence-corrected chi connectivity index (χ0v) is 15.8. The number of nitrogens with one attached hydrogen (secondary N) is 2. The van der Waals surface area contributed by atoms with Crippen molar-refractivity contribution in [3.63, 3.8) is 0 Å². The number of rotatable bonds is 7. The summed E-state index contributed by atoms with van der Waals surface area (Å²) in [6, 6.07) is 14.2. The second-order valence-corrected chi connectivity index (χ2v) is 6.52. The monoisotopic (exact) mass is 380 g/mol. The van der Waals surface area contributed by atoms with Crippen molar-refractivity contribution in [2.75, 3.05) is 25.6 Å². The maximum Gasteiger partial charge on any atom is 0.251 e. The molecule has 0 aliphatic carbocycles. The van der Waals surface area contributed by atoms with Gasteiger partial charge >= 0.3 is 0 Å². The van der Waals surface area contributed by atoms with Crippen LogP contribution in [0.25, 0.3) is 6.08 Å². The van der Waals surface area contributed by atoms with Crippen LogP contribution in [0.5, 0.6) is 5.75 Å². The van der Waals surface area contributed by atoms with Crippen molar-refractivity contribution in [1.82, 2.24) is 5.32 Å². The van der Waals surface area contributed by atoms with E-state index in [0.29, 0.717) is 17.8 Å². The van der Waals surface area contributed by atoms with E-state index >= 15 is 0 Å². The average molecular weight is 380 g/mol. The van der Waals surface area contributed by atoms with Crippen LogP contribution < -0.4 is 15.4 Å². The molecule has 0 aromatic heterocycles. The van der Waals surface area contributed by atoms with Crippen LogP contribution in [0.1, 0.15) is 28.8 Å². The van der Waals surface area contributed by atoms with E-state index in [9.17, 15) is 9.59 Å². The summed E-state index contributed by atoms with van der Waals surface area (Å²) >= 11 is 0. The fraction of sp³-hybridized carbons (Fsp3) is 0.273. The zero-order chi connectivity index (χ0) is 19.8. The quantitative estimate of drug-likeness (QED) is 0.723. The highest BCUT2D eigenvalue weighted by atomic mass is 16.5. The van der Waals surface area contributed by atoms with Gasteiger partial charge < -0.3 is 20.1 Å². The Morgan fingerprint density at radius 1 is 1.14 bits per heavy atom. The minimum absolute atomic E-state index is 0.111. The smallest absolute Gasteiger partial charge is 0.251 e. The Hall–Kier alpha value is -3.12. The number of anilines is 1. The molecule has 2 amide bonds. The van der Waals surface area contributed by atoms with Crippen LogP contribution in [0.3, 0.4) is 0 Å². The summed E-state index contributed by atoms with van der Waals surface area (Å²) < 4.78 is 10.6. The number of hydrogen-bond acceptors (Lipinski definition) is 4. The van der Waals surface area contributed by atoms with E-state index in [1.165, 1.54) is 6.08 Å². The number of hydrogen-bond donors (Lipinski definition) is 2. The molecule has 1 atom stereocenters. The van der Waals surface area contributed by atoms with Crippen molar-refractivity contribution in [3.05, 3.63) is 65.7 Å². The van der Waals surface area contributed by atoms with Crippen LogP contribution in [-0.4, -0.2) is 38.2 Å². The fourth-order valence-electron chi connectivity index (χ4n) is 2.89. The van der Waals surface area contributed by atoms with E-state index < -0.39 is 0 Å². The minimum atomic E-state index is -0.244. The topological polar surface area (TPSA) is 76.7 Å². The third-order valence-electron chi connectivity index (χ3n) is 4.47. The molecular weight excluding hydrogens is 356 g/mol. The lowest BCUT2D eigenvalue weighted by molar-refractivity contribution is -0.111. The molecule has 1 saturated heterocycles. The van der Waals surface area contributed by atoms with Gasteiger partial charge in [-0.15, -0.1) is 0 Å². The van der Waals surface area contributed by atoms with Gasteiger partial charge in [-0.1, -0.05) is 12.1 Å². The van der Waals surface area contributed by atoms with Crippen molar-refractivity contribution in [1.29, 1.82) is 0 Å². The standard InChI is InChI=1S/C22H24N2O4/c1-27-19-11-4-16(5-12-19)6-13-21(25)24-18-9-7-17(8-10-18)22(26)23-15-20-3-2-14-28-20/h4-13,20H,2-3,14-15H2,1H3,(H,23,26)(H,24,25)/b13-6+. The van der Waals surface area contributed by atoms with E-state index in [0.717, 1.165) is 30.8 Å². The molecule has 2 aromatic carbocycles. The van der Waals surface area contributed by atoms with Crippen molar-refractivity contribution < 1.29 is 19.1 Å². The molecule has 28 heavy (non-hydrogen) atoms. The highest BCUT2D eigenvalue weighted by Crippen LogP contribution is 2.14. The van der Waals surface area contributed by atoms with E-state index in [4.69, 9.17) is 9.47 Å². The molecule has 3 rings (SSSR count). The molecule has 0 saturated carbocycles. The molecule has 6 heteroatoms. The maximum atomic E-state index is 12.2. The Bertz CT molecular complexity index is 823. The van der Waals surface area contributed by atoms with Crippen molar-refractivity contribution in [2.45, 2.75) is 18.9 Å². The van der Waals surface area contributed by atoms with Gasteiger partial charge in [0.05, 0.1) is 13.2 Å². The highest BCUT2D eigenvalue weighted by Gasteiger charge is 2.16. The number of ether oxygens (including phenoxy) is 2. The van der Waals surface area contributed by atoms with Gasteiger partial charge in [0.25, 0.3) is 5.91 Å². The molecule has 1 heterocycles. The van der Waals surface area contributed by atoms with Gasteiger partial charge in [-0.3, -0.25) is 9.59 Å². The predicted octanol–water partition coefficient (Wildman–Crippen LogP) is 3.26. The second kappa shape index (κ2) is 9.71. The Balaban J connectivity index is 1.49. The first kappa shape index (κ1) is 19.6. The summed E-state index contributed by atoms with van der Waals surface area (Å²) in [5.74, 6) is 0.376. The van der Waals surface area contributed by atoms with Crippen LogP contribution in [0.4, 0.5) is 5.69 Å². The first-order valence-electron chi connectivity index (χ1n) is 9.27. The highest BCUT2D eigenvalue weighted by molar-refractivity contribution is 6.02. The molecule has 146 valence electrons. The van der Waals surface area contributed by atoms with Crippen LogP contribution in [0, 0.1) is 0 Å². The lowest BCUT2D eigenvalue weighted by atomic mass is 10.1. The molecular formula is C22H24N2O4. The number of carbonyl (C=O) groups is 2. The minimum Gasteiger partial charge on any atom is -0.497 e. The molecule has 1 fully saturated rings. The molecule has 1 aliphatic heterocycles. The Labute approximate surface area is 164 Å². The summed E-state index contributed by atoms with van der Waals surface area (Å²) in [6.07, 6.45) is 5.32. The number of amides is 2. The molecule has 2 N–H and O–H groups in total. The van der Waals surface area contributed by atoms with Crippen molar-refractivity contribution >= 4 is 23.6 Å². The van der Waals surface area contributed by atoms with Crippen molar-refractivity contribution in [3.8, 4) is 5.75 Å². The van der Waals surface area contributed by atoms with Gasteiger partial charge in [0.1, 0.15) is 5.75 Å². The fourth-order valence-corrected chi connectivity index (χ4v) is 2.89. The van der Waals surface area contributed by atoms with Gasteiger partial charge in [0.15, 0.2) is 0 Å². The second-order valence-electron chi connectivity index (χ2n) is 6.52. The van der Waals surface area contributed by atoms with Crippen LogP contribution >= 0.6 is 0 Å². The largest absolute Gasteiger partial charge is 0.497 e. The molecule has 1 unspecified atom stereocenters. The Kier molecular flexibility index (Phi) is 6.81. The Morgan fingerprint density at radius 2 is 1.89 bits per heavy atom. The Morgan fingerprint density at radius 3 is 2.54 bits per heavy atom. The van der Waals surface area contributed by atoms with E-state index in [1.807, 2.05) is 24.3 Å². The summed E-state index contributed by atoms with van der Waals surface area (Å²) in [4.78, 5) is 24.2. The molecule has 1 aliphatic rings. The SMILES string of the molecule is COc1ccc(/C=C/C(=O)Nc2ccc(C(=O)NCC3CCCO3)cc2)cc1. The van der Waals surface area contributed by atoms with Crippen molar-refractivity contribution in [2.24, 2.45) is 0 Å². The van der Waals surface area contributed by atoms with Gasteiger partial charge in [0.2, 0.25) is 5.91 Å². The normalized spacial score (nSPS) is 16.1. The molecule has 0 spiro atoms. The third-order valence-corrected chi connectivity index (χ3v) is 4.47. The van der Waals surface area contributed by atoms with E-state index in [2.05, 4.69) is 10.6 Å². The molecule has 6 nitrogen and oxygen atoms in total. The maximum absolute atomic E-state index is 12.2. The van der Waals surface area contributed by atoms with Gasteiger partial charge in [-0.05, 0) is 60.9 Å². The zero-order valence-electron chi connectivity index (χ0n) is 15.8. The van der Waals surface area contributed by atoms with Crippen LogP contribution in [-0.2, 0) is 9.53 Å². The first-order valence-corrected chi connectivity index (χ1v) is 9.27. The first-order chi connectivity index (χ1) is 13.6. The van der Waals surface area contributed by atoms with E-state index in [1.54, 1.807) is 37.5 Å². The predicted molar refractivity (Wildman–Crippen MR) is 108 cm³/mol. The lowest BCUT2D eigenvalue weighted by Gasteiger charge is -2.11. The summed E-state index contributed by atoms with van der Waals surface area (Å²) in [5.41, 5.74) is 2.07. The van der Waals surface area contributed by atoms with Crippen LogP contribution in [0.2, 0.25) is 0 Å².